The van der Waals surface area contributed by atoms with Gasteiger partial charge in [0.15, 0.2) is 0 Å². The van der Waals surface area contributed by atoms with Crippen molar-refractivity contribution in [2.24, 2.45) is 0 Å². The van der Waals surface area contributed by atoms with Gasteiger partial charge in [0.1, 0.15) is 0 Å². The first-order valence-corrected chi connectivity index (χ1v) is 10.9. The van der Waals surface area contributed by atoms with Gasteiger partial charge in [0.25, 0.3) is 5.69 Å². The van der Waals surface area contributed by atoms with Gasteiger partial charge in [0.05, 0.1) is 15.7 Å². The Balaban J connectivity index is 1.70. The molecule has 29 heavy (non-hydrogen) atoms. The van der Waals surface area contributed by atoms with Crippen LogP contribution in [0.2, 0.25) is 0 Å². The van der Waals surface area contributed by atoms with Gasteiger partial charge in [-0.2, -0.15) is 4.31 Å². The highest BCUT2D eigenvalue weighted by molar-refractivity contribution is 7.89. The number of non-ortho nitro benzene ring substituents is 1. The van der Waals surface area contributed by atoms with E-state index in [1.54, 1.807) is 4.90 Å². The van der Waals surface area contributed by atoms with E-state index in [0.29, 0.717) is 6.42 Å². The maximum Gasteiger partial charge on any atom is 0.270 e. The van der Waals surface area contributed by atoms with E-state index in [2.05, 4.69) is 0 Å². The molecule has 0 N–H and O–H groups in total. The fourth-order valence-corrected chi connectivity index (χ4v) is 4.98. The summed E-state index contributed by atoms with van der Waals surface area (Å²) >= 11 is 0. The topological polar surface area (TPSA) is 101 Å². The van der Waals surface area contributed by atoms with E-state index in [-0.39, 0.29) is 48.6 Å². The van der Waals surface area contributed by atoms with E-state index in [4.69, 9.17) is 0 Å². The lowest BCUT2D eigenvalue weighted by Gasteiger charge is -2.35. The minimum Gasteiger partial charge on any atom is -0.340 e. The molecule has 2 aromatic rings. The number of benzene rings is 2. The second kappa shape index (κ2) is 8.71. The number of carbonyl (C=O) groups is 1. The normalized spacial score (nSPS) is 16.4. The zero-order valence-electron chi connectivity index (χ0n) is 16.1. The minimum atomic E-state index is -3.85. The maximum absolute atomic E-state index is 13.0. The third-order valence-corrected chi connectivity index (χ3v) is 7.02. The van der Waals surface area contributed by atoms with Crippen molar-refractivity contribution in [1.29, 1.82) is 0 Å². The number of sulfonamides is 1. The van der Waals surface area contributed by atoms with Crippen molar-refractivity contribution in [3.8, 4) is 0 Å². The first kappa shape index (κ1) is 20.9. The van der Waals surface area contributed by atoms with Gasteiger partial charge < -0.3 is 4.90 Å². The molecule has 0 aromatic heterocycles. The third-order valence-electron chi connectivity index (χ3n) is 5.12. The van der Waals surface area contributed by atoms with Gasteiger partial charge in [-0.05, 0) is 18.1 Å². The van der Waals surface area contributed by atoms with E-state index in [1.165, 1.54) is 22.5 Å². The number of nitro benzene ring substituents is 1. The molecule has 0 bridgehead atoms. The van der Waals surface area contributed by atoms with Crippen LogP contribution in [0.4, 0.5) is 5.69 Å². The van der Waals surface area contributed by atoms with Gasteiger partial charge in [-0.1, -0.05) is 43.3 Å². The second-order valence-electron chi connectivity index (χ2n) is 6.86. The summed E-state index contributed by atoms with van der Waals surface area (Å²) in [6.45, 7) is 2.84. The molecule has 1 atom stereocenters. The van der Waals surface area contributed by atoms with Crippen LogP contribution < -0.4 is 0 Å². The van der Waals surface area contributed by atoms with Crippen LogP contribution in [-0.2, 0) is 14.8 Å². The molecule has 1 aliphatic heterocycles. The van der Waals surface area contributed by atoms with Gasteiger partial charge in [-0.3, -0.25) is 14.9 Å². The lowest BCUT2D eigenvalue weighted by molar-refractivity contribution is -0.385. The smallest absolute Gasteiger partial charge is 0.270 e. The molecule has 0 saturated carbocycles. The molecular formula is C20H23N3O5S. The number of rotatable bonds is 6. The Hall–Kier alpha value is -2.78. The predicted molar refractivity (Wildman–Crippen MR) is 108 cm³/mol. The Morgan fingerprint density at radius 3 is 2.31 bits per heavy atom. The zero-order chi connectivity index (χ0) is 21.0. The molecule has 1 saturated heterocycles. The van der Waals surface area contributed by atoms with E-state index in [1.807, 2.05) is 37.3 Å². The number of amides is 1. The van der Waals surface area contributed by atoms with Crippen molar-refractivity contribution >= 4 is 21.6 Å². The number of piperazine rings is 1. The Kier molecular flexibility index (Phi) is 6.29. The Morgan fingerprint density at radius 1 is 1.07 bits per heavy atom. The van der Waals surface area contributed by atoms with Crippen LogP contribution in [0.25, 0.3) is 0 Å². The summed E-state index contributed by atoms with van der Waals surface area (Å²) in [5, 5.41) is 10.9. The van der Waals surface area contributed by atoms with Crippen molar-refractivity contribution in [3.63, 3.8) is 0 Å². The highest BCUT2D eigenvalue weighted by Crippen LogP contribution is 2.25. The van der Waals surface area contributed by atoms with Gasteiger partial charge >= 0.3 is 0 Å². The lowest BCUT2D eigenvalue weighted by atomic mass is 9.95. The first-order valence-electron chi connectivity index (χ1n) is 9.43. The Bertz CT molecular complexity index is 986. The van der Waals surface area contributed by atoms with Crippen molar-refractivity contribution < 1.29 is 18.1 Å². The molecule has 8 nitrogen and oxygen atoms in total. The minimum absolute atomic E-state index is 0.00824. The summed E-state index contributed by atoms with van der Waals surface area (Å²) in [5.74, 6) is -0.262. The highest BCUT2D eigenvalue weighted by atomic mass is 32.2. The molecule has 0 spiro atoms. The zero-order valence-corrected chi connectivity index (χ0v) is 16.9. The van der Waals surface area contributed by atoms with Crippen LogP contribution in [0, 0.1) is 10.1 Å². The third kappa shape index (κ3) is 4.46. The molecule has 1 heterocycles. The number of nitrogens with zero attached hydrogens (tertiary/aromatic N) is 3. The SMILES string of the molecule is CC[C@H](C(=O)N1CCN(S(=O)(=O)c2cccc([N+](=O)[O-])c2)CC1)c1ccccc1. The van der Waals surface area contributed by atoms with Crippen molar-refractivity contribution in [3.05, 3.63) is 70.3 Å². The molecule has 1 aliphatic rings. The average Bonchev–Trinajstić information content (AvgIpc) is 2.75. The van der Waals surface area contributed by atoms with E-state index >= 15 is 0 Å². The van der Waals surface area contributed by atoms with Crippen molar-refractivity contribution in [2.75, 3.05) is 26.2 Å². The molecule has 0 radical (unpaired) electrons. The van der Waals surface area contributed by atoms with Gasteiger partial charge in [0.2, 0.25) is 15.9 Å². The molecule has 154 valence electrons. The standard InChI is InChI=1S/C20H23N3O5S/c1-2-19(16-7-4-3-5-8-16)20(24)21-11-13-22(14-12-21)29(27,28)18-10-6-9-17(15-18)23(25)26/h3-10,15,19H,2,11-14H2,1H3/t19-/m0/s1. The summed E-state index contributed by atoms with van der Waals surface area (Å²) in [7, 11) is -3.85. The monoisotopic (exact) mass is 417 g/mol. The molecule has 9 heteroatoms. The fourth-order valence-electron chi connectivity index (χ4n) is 3.51. The number of nitro groups is 1. The average molecular weight is 417 g/mol. The quantitative estimate of drug-likeness (QED) is 0.531. The molecule has 1 amide bonds. The summed E-state index contributed by atoms with van der Waals surface area (Å²) in [6.07, 6.45) is 0.662. The predicted octanol–water partition coefficient (Wildman–Crippen LogP) is 2.62. The fraction of sp³-hybridized carbons (Fsp3) is 0.350. The summed E-state index contributed by atoms with van der Waals surface area (Å²) in [5.41, 5.74) is 0.681. The molecule has 1 fully saturated rings. The molecular weight excluding hydrogens is 394 g/mol. The summed E-state index contributed by atoms with van der Waals surface area (Å²) in [4.78, 5) is 24.9. The number of hydrogen-bond acceptors (Lipinski definition) is 5. The Labute approximate surface area is 169 Å². The van der Waals surface area contributed by atoms with Crippen LogP contribution in [0.3, 0.4) is 0 Å². The Morgan fingerprint density at radius 2 is 1.72 bits per heavy atom. The van der Waals surface area contributed by atoms with E-state index in [0.717, 1.165) is 11.6 Å². The van der Waals surface area contributed by atoms with Gasteiger partial charge in [0, 0.05) is 38.3 Å². The summed E-state index contributed by atoms with van der Waals surface area (Å²) in [6, 6.07) is 14.6. The van der Waals surface area contributed by atoms with E-state index < -0.39 is 14.9 Å². The molecule has 0 aliphatic carbocycles. The highest BCUT2D eigenvalue weighted by Gasteiger charge is 2.33. The molecule has 0 unspecified atom stereocenters. The largest absolute Gasteiger partial charge is 0.340 e. The van der Waals surface area contributed by atoms with Crippen LogP contribution in [0.1, 0.15) is 24.8 Å². The van der Waals surface area contributed by atoms with Crippen LogP contribution in [-0.4, -0.2) is 54.6 Å². The maximum atomic E-state index is 13.0. The molecule has 3 rings (SSSR count). The van der Waals surface area contributed by atoms with E-state index in [9.17, 15) is 23.3 Å². The summed E-state index contributed by atoms with van der Waals surface area (Å²) < 4.78 is 27.0. The lowest BCUT2D eigenvalue weighted by Crippen LogP contribution is -2.51. The van der Waals surface area contributed by atoms with Gasteiger partial charge in [-0.25, -0.2) is 8.42 Å². The van der Waals surface area contributed by atoms with Crippen molar-refractivity contribution in [2.45, 2.75) is 24.2 Å². The van der Waals surface area contributed by atoms with Crippen LogP contribution >= 0.6 is 0 Å². The van der Waals surface area contributed by atoms with Crippen LogP contribution in [0.5, 0.6) is 0 Å². The van der Waals surface area contributed by atoms with Crippen molar-refractivity contribution in [1.82, 2.24) is 9.21 Å². The van der Waals surface area contributed by atoms with Gasteiger partial charge in [-0.15, -0.1) is 0 Å². The first-order chi connectivity index (χ1) is 13.8. The molecule has 2 aromatic carbocycles. The number of carbonyl (C=O) groups excluding carboxylic acids is 1. The van der Waals surface area contributed by atoms with Crippen LogP contribution in [0.15, 0.2) is 59.5 Å². The number of hydrogen-bond donors (Lipinski definition) is 0. The second-order valence-corrected chi connectivity index (χ2v) is 8.79.